The van der Waals surface area contributed by atoms with Gasteiger partial charge < -0.3 is 10.1 Å². The Bertz CT molecular complexity index is 898. The molecule has 5 nitrogen and oxygen atoms in total. The minimum Gasteiger partial charge on any atom is -0.495 e. The third-order valence-corrected chi connectivity index (χ3v) is 4.42. The summed E-state index contributed by atoms with van der Waals surface area (Å²) in [5.74, 6) is 0.150. The molecule has 0 unspecified atom stereocenters. The van der Waals surface area contributed by atoms with Crippen molar-refractivity contribution in [1.29, 1.82) is 0 Å². The predicted octanol–water partition coefficient (Wildman–Crippen LogP) is 4.17. The number of halogens is 2. The summed E-state index contributed by atoms with van der Waals surface area (Å²) in [6, 6.07) is 13.6. The van der Waals surface area contributed by atoms with Crippen LogP contribution in [0, 0.1) is 0 Å². The van der Waals surface area contributed by atoms with E-state index in [9.17, 15) is 13.6 Å². The van der Waals surface area contributed by atoms with Gasteiger partial charge in [0.2, 0.25) is 5.91 Å². The number of carbonyl (C=O) groups is 1. The van der Waals surface area contributed by atoms with Crippen LogP contribution < -0.4 is 10.1 Å². The summed E-state index contributed by atoms with van der Waals surface area (Å²) in [6.45, 7) is -2.73. The standard InChI is InChI=1S/C17H15F2N3O2S/c1-24-14-9-5-3-7-12(14)20-15(23)10-25-17-21-11-6-2-4-8-13(11)22(17)16(18)19/h2-9,16H,10H2,1H3,(H,20,23). The van der Waals surface area contributed by atoms with Crippen molar-refractivity contribution in [3.05, 3.63) is 48.5 Å². The lowest BCUT2D eigenvalue weighted by Gasteiger charge is -2.10. The molecule has 0 fully saturated rings. The molecule has 0 aliphatic heterocycles. The van der Waals surface area contributed by atoms with Gasteiger partial charge >= 0.3 is 6.55 Å². The summed E-state index contributed by atoms with van der Waals surface area (Å²) < 4.78 is 32.7. The number of ether oxygens (including phenoxy) is 1. The number of aromatic nitrogens is 2. The van der Waals surface area contributed by atoms with Gasteiger partial charge in [-0.15, -0.1) is 0 Å². The van der Waals surface area contributed by atoms with Crippen molar-refractivity contribution in [3.8, 4) is 5.75 Å². The van der Waals surface area contributed by atoms with Crippen LogP contribution in [-0.4, -0.2) is 28.3 Å². The lowest BCUT2D eigenvalue weighted by Crippen LogP contribution is -2.15. The van der Waals surface area contributed by atoms with Gasteiger partial charge in [-0.05, 0) is 24.3 Å². The lowest BCUT2D eigenvalue weighted by molar-refractivity contribution is -0.113. The van der Waals surface area contributed by atoms with Crippen molar-refractivity contribution in [2.45, 2.75) is 11.7 Å². The maximum Gasteiger partial charge on any atom is 0.321 e. The number of nitrogens with one attached hydrogen (secondary N) is 1. The molecule has 0 aliphatic carbocycles. The second-order valence-corrected chi connectivity index (χ2v) is 6.01. The zero-order chi connectivity index (χ0) is 17.8. The van der Waals surface area contributed by atoms with E-state index in [2.05, 4.69) is 10.3 Å². The van der Waals surface area contributed by atoms with E-state index in [0.29, 0.717) is 22.5 Å². The van der Waals surface area contributed by atoms with Crippen molar-refractivity contribution < 1.29 is 18.3 Å². The Balaban J connectivity index is 1.74. The van der Waals surface area contributed by atoms with E-state index in [0.717, 1.165) is 16.3 Å². The average molecular weight is 363 g/mol. The SMILES string of the molecule is COc1ccccc1NC(=O)CSc1nc2ccccc2n1C(F)F. The minimum atomic E-state index is -2.73. The summed E-state index contributed by atoms with van der Waals surface area (Å²) in [5, 5.41) is 2.81. The van der Waals surface area contributed by atoms with Crippen LogP contribution in [0.1, 0.15) is 6.55 Å². The molecule has 0 aliphatic rings. The molecule has 3 rings (SSSR count). The van der Waals surface area contributed by atoms with Crippen LogP contribution in [-0.2, 0) is 4.79 Å². The number of nitrogens with zero attached hydrogens (tertiary/aromatic N) is 2. The number of imidazole rings is 1. The molecule has 0 radical (unpaired) electrons. The molecule has 0 spiro atoms. The van der Waals surface area contributed by atoms with E-state index in [4.69, 9.17) is 4.74 Å². The molecule has 1 amide bonds. The van der Waals surface area contributed by atoms with Gasteiger partial charge in [0, 0.05) is 0 Å². The number of alkyl halides is 2. The highest BCUT2D eigenvalue weighted by molar-refractivity contribution is 7.99. The number of thioether (sulfide) groups is 1. The number of hydrogen-bond donors (Lipinski definition) is 1. The number of methoxy groups -OCH3 is 1. The number of anilines is 1. The maximum absolute atomic E-state index is 13.4. The fourth-order valence-corrected chi connectivity index (χ4v) is 3.19. The molecule has 0 atom stereocenters. The first-order valence-corrected chi connectivity index (χ1v) is 8.39. The second-order valence-electron chi connectivity index (χ2n) is 5.07. The molecule has 25 heavy (non-hydrogen) atoms. The number of rotatable bonds is 6. The van der Waals surface area contributed by atoms with E-state index in [1.165, 1.54) is 7.11 Å². The van der Waals surface area contributed by atoms with E-state index < -0.39 is 6.55 Å². The van der Waals surface area contributed by atoms with Crippen molar-refractivity contribution in [2.75, 3.05) is 18.2 Å². The van der Waals surface area contributed by atoms with Gasteiger partial charge in [0.25, 0.3) is 0 Å². The Hall–Kier alpha value is -2.61. The summed E-state index contributed by atoms with van der Waals surface area (Å²) >= 11 is 0.961. The molecule has 0 bridgehead atoms. The van der Waals surface area contributed by atoms with Gasteiger partial charge in [0.05, 0.1) is 29.6 Å². The second kappa shape index (κ2) is 7.52. The quantitative estimate of drug-likeness (QED) is 0.668. The van der Waals surface area contributed by atoms with Gasteiger partial charge in [0.1, 0.15) is 5.75 Å². The summed E-state index contributed by atoms with van der Waals surface area (Å²) in [6.07, 6.45) is 0. The lowest BCUT2D eigenvalue weighted by atomic mass is 10.3. The van der Waals surface area contributed by atoms with Crippen LogP contribution in [0.4, 0.5) is 14.5 Å². The third-order valence-electron chi connectivity index (χ3n) is 3.47. The number of hydrogen-bond acceptors (Lipinski definition) is 4. The minimum absolute atomic E-state index is 0.0475. The van der Waals surface area contributed by atoms with Crippen LogP contribution in [0.5, 0.6) is 5.75 Å². The first-order valence-electron chi connectivity index (χ1n) is 7.41. The van der Waals surface area contributed by atoms with Gasteiger partial charge in [-0.2, -0.15) is 8.78 Å². The van der Waals surface area contributed by atoms with Crippen LogP contribution in [0.15, 0.2) is 53.7 Å². The molecule has 130 valence electrons. The van der Waals surface area contributed by atoms with E-state index in [1.807, 2.05) is 0 Å². The molecule has 1 aromatic heterocycles. The molecule has 0 saturated carbocycles. The number of fused-ring (bicyclic) bond motifs is 1. The molecular formula is C17H15F2N3O2S. The average Bonchev–Trinajstić information content (AvgIpc) is 2.99. The summed E-state index contributed by atoms with van der Waals surface area (Å²) in [7, 11) is 1.50. The van der Waals surface area contributed by atoms with Crippen molar-refractivity contribution in [3.63, 3.8) is 0 Å². The number of amides is 1. The van der Waals surface area contributed by atoms with Crippen LogP contribution >= 0.6 is 11.8 Å². The Morgan fingerprint density at radius 3 is 2.72 bits per heavy atom. The first-order chi connectivity index (χ1) is 12.1. The van der Waals surface area contributed by atoms with Crippen molar-refractivity contribution >= 4 is 34.4 Å². The van der Waals surface area contributed by atoms with Gasteiger partial charge in [-0.1, -0.05) is 36.0 Å². The topological polar surface area (TPSA) is 56.1 Å². The number of carbonyl (C=O) groups excluding carboxylic acids is 1. The fourth-order valence-electron chi connectivity index (χ4n) is 2.38. The van der Waals surface area contributed by atoms with Gasteiger partial charge in [-0.3, -0.25) is 9.36 Å². The number of para-hydroxylation sites is 4. The molecule has 3 aromatic rings. The highest BCUT2D eigenvalue weighted by Crippen LogP contribution is 2.29. The zero-order valence-corrected chi connectivity index (χ0v) is 14.1. The fraction of sp³-hybridized carbons (Fsp3) is 0.176. The Kier molecular flexibility index (Phi) is 5.18. The Morgan fingerprint density at radius 2 is 1.96 bits per heavy atom. The smallest absolute Gasteiger partial charge is 0.321 e. The molecule has 2 aromatic carbocycles. The highest BCUT2D eigenvalue weighted by Gasteiger charge is 2.19. The highest BCUT2D eigenvalue weighted by atomic mass is 32.2. The van der Waals surface area contributed by atoms with E-state index in [1.54, 1.807) is 48.5 Å². The van der Waals surface area contributed by atoms with Crippen LogP contribution in [0.2, 0.25) is 0 Å². The molecule has 8 heteroatoms. The Morgan fingerprint density at radius 1 is 1.24 bits per heavy atom. The largest absolute Gasteiger partial charge is 0.495 e. The predicted molar refractivity (Wildman–Crippen MR) is 93.3 cm³/mol. The van der Waals surface area contributed by atoms with Crippen molar-refractivity contribution in [2.24, 2.45) is 0 Å². The molecule has 1 N–H and O–H groups in total. The van der Waals surface area contributed by atoms with E-state index >= 15 is 0 Å². The zero-order valence-electron chi connectivity index (χ0n) is 13.3. The monoisotopic (exact) mass is 363 g/mol. The summed E-state index contributed by atoms with van der Waals surface area (Å²) in [4.78, 5) is 16.3. The first kappa shape index (κ1) is 17.2. The van der Waals surface area contributed by atoms with Gasteiger partial charge in [0.15, 0.2) is 5.16 Å². The third kappa shape index (κ3) is 3.74. The number of benzene rings is 2. The maximum atomic E-state index is 13.4. The van der Waals surface area contributed by atoms with Crippen LogP contribution in [0.3, 0.4) is 0 Å². The van der Waals surface area contributed by atoms with Crippen molar-refractivity contribution in [1.82, 2.24) is 9.55 Å². The molecule has 1 heterocycles. The van der Waals surface area contributed by atoms with Gasteiger partial charge in [-0.25, -0.2) is 4.98 Å². The molecule has 0 saturated heterocycles. The Labute approximate surface area is 147 Å². The normalized spacial score (nSPS) is 11.0. The van der Waals surface area contributed by atoms with E-state index in [-0.39, 0.29) is 16.8 Å². The summed E-state index contributed by atoms with van der Waals surface area (Å²) in [5.41, 5.74) is 1.33. The molecular weight excluding hydrogens is 348 g/mol. The van der Waals surface area contributed by atoms with Crippen LogP contribution in [0.25, 0.3) is 11.0 Å².